The molecule has 32 heavy (non-hydrogen) atoms. The highest BCUT2D eigenvalue weighted by atomic mass is 16.6. The lowest BCUT2D eigenvalue weighted by Crippen LogP contribution is -2.55. The molecule has 0 unspecified atom stereocenters. The summed E-state index contributed by atoms with van der Waals surface area (Å²) in [6.07, 6.45) is -0.138. The van der Waals surface area contributed by atoms with Gasteiger partial charge < -0.3 is 20.1 Å². The van der Waals surface area contributed by atoms with Gasteiger partial charge in [0.25, 0.3) is 0 Å². The molecule has 0 fully saturated rings. The molecular weight excluding hydrogens is 408 g/mol. The lowest BCUT2D eigenvalue weighted by molar-refractivity contribution is -0.120. The third-order valence-electron chi connectivity index (χ3n) is 4.56. The Balaban J connectivity index is 2.27. The Labute approximate surface area is 189 Å². The van der Waals surface area contributed by atoms with Crippen molar-refractivity contribution in [3.8, 4) is 5.75 Å². The Kier molecular flexibility index (Phi) is 8.81. The molecule has 172 valence electrons. The summed E-state index contributed by atoms with van der Waals surface area (Å²) in [5.74, 6) is 0.0398. The zero-order valence-corrected chi connectivity index (χ0v) is 19.3. The number of nitrogens with one attached hydrogen (secondary N) is 2. The van der Waals surface area contributed by atoms with Gasteiger partial charge in [0.15, 0.2) is 5.78 Å². The molecule has 0 aliphatic carbocycles. The molecule has 0 spiro atoms. The zero-order chi connectivity index (χ0) is 23.7. The molecule has 2 aromatic rings. The summed E-state index contributed by atoms with van der Waals surface area (Å²) < 4.78 is 11.4. The van der Waals surface area contributed by atoms with Crippen molar-refractivity contribution in [3.05, 3.63) is 65.7 Å². The minimum Gasteiger partial charge on any atom is -0.491 e. The topological polar surface area (TPSA) is 93.7 Å². The van der Waals surface area contributed by atoms with Gasteiger partial charge in [-0.1, -0.05) is 42.5 Å². The second-order valence-corrected chi connectivity index (χ2v) is 8.61. The van der Waals surface area contributed by atoms with Crippen molar-refractivity contribution in [2.24, 2.45) is 0 Å². The minimum atomic E-state index is -0.665. The number of Topliss-reactive ketones (excluding diaryl/α,β-unsaturated/α-hetero) is 1. The van der Waals surface area contributed by atoms with Crippen molar-refractivity contribution in [3.63, 3.8) is 0 Å². The first-order chi connectivity index (χ1) is 15.0. The number of hydrogen-bond acceptors (Lipinski definition) is 5. The molecular formula is C25H32N2O5. The van der Waals surface area contributed by atoms with Gasteiger partial charge in [0.2, 0.25) is 5.91 Å². The van der Waals surface area contributed by atoms with Crippen LogP contribution in [0.1, 0.15) is 50.5 Å². The molecule has 7 nitrogen and oxygen atoms in total. The Morgan fingerprint density at radius 1 is 0.875 bits per heavy atom. The molecule has 2 rings (SSSR count). The van der Waals surface area contributed by atoms with E-state index in [0.717, 1.165) is 5.56 Å². The Morgan fingerprint density at radius 3 is 2.09 bits per heavy atom. The smallest absolute Gasteiger partial charge is 0.407 e. The predicted octanol–water partition coefficient (Wildman–Crippen LogP) is 3.91. The van der Waals surface area contributed by atoms with E-state index in [-0.39, 0.29) is 18.3 Å². The van der Waals surface area contributed by atoms with E-state index in [1.54, 1.807) is 45.0 Å². The number of amides is 2. The van der Waals surface area contributed by atoms with E-state index in [1.807, 2.05) is 30.3 Å². The van der Waals surface area contributed by atoms with Crippen LogP contribution in [0.3, 0.4) is 0 Å². The zero-order valence-electron chi connectivity index (χ0n) is 19.3. The normalized spacial score (nSPS) is 12.9. The fourth-order valence-electron chi connectivity index (χ4n) is 3.20. The summed E-state index contributed by atoms with van der Waals surface area (Å²) in [6.45, 7) is 8.28. The van der Waals surface area contributed by atoms with Crippen molar-refractivity contribution in [2.45, 2.75) is 58.7 Å². The number of carbonyl (C=O) groups excluding carboxylic acids is 3. The number of carbonyl (C=O) groups is 3. The molecule has 7 heteroatoms. The molecule has 2 amide bonds. The number of rotatable bonds is 9. The number of ether oxygens (including phenoxy) is 2. The fraction of sp³-hybridized carbons (Fsp3) is 0.400. The largest absolute Gasteiger partial charge is 0.491 e. The minimum absolute atomic E-state index is 0.0527. The van der Waals surface area contributed by atoms with Gasteiger partial charge in [-0.3, -0.25) is 9.59 Å². The van der Waals surface area contributed by atoms with Crippen LogP contribution in [0.2, 0.25) is 0 Å². The van der Waals surface area contributed by atoms with Gasteiger partial charge >= 0.3 is 6.09 Å². The van der Waals surface area contributed by atoms with E-state index in [2.05, 4.69) is 10.6 Å². The molecule has 0 aromatic heterocycles. The van der Waals surface area contributed by atoms with Crippen LogP contribution in [0, 0.1) is 0 Å². The van der Waals surface area contributed by atoms with Crippen molar-refractivity contribution >= 4 is 17.8 Å². The standard InChI is InChI=1S/C25H32N2O5/c1-17(28)20-13-9-10-14-23(20)31-16-22(26-18(2)29)21(15-19-11-7-6-8-12-19)27-24(30)32-25(3,4)5/h6-14,21-22H,15-16H2,1-5H3,(H,26,29)(H,27,30)/t21-,22+/m0/s1. The summed E-state index contributed by atoms with van der Waals surface area (Å²) in [6, 6.07) is 15.5. The van der Waals surface area contributed by atoms with Gasteiger partial charge in [0.1, 0.15) is 18.0 Å². The molecule has 2 atom stereocenters. The molecule has 0 aliphatic heterocycles. The van der Waals surface area contributed by atoms with Crippen LogP contribution in [0.15, 0.2) is 54.6 Å². The summed E-state index contributed by atoms with van der Waals surface area (Å²) in [7, 11) is 0. The third-order valence-corrected chi connectivity index (χ3v) is 4.56. The Bertz CT molecular complexity index is 921. The van der Waals surface area contributed by atoms with Crippen molar-refractivity contribution in [1.29, 1.82) is 0 Å². The van der Waals surface area contributed by atoms with Gasteiger partial charge in [0, 0.05) is 6.92 Å². The van der Waals surface area contributed by atoms with Crippen LogP contribution in [-0.4, -0.2) is 42.1 Å². The molecule has 0 saturated carbocycles. The van der Waals surface area contributed by atoms with Crippen LogP contribution in [0.5, 0.6) is 5.75 Å². The van der Waals surface area contributed by atoms with Crippen LogP contribution in [0.4, 0.5) is 4.79 Å². The summed E-state index contributed by atoms with van der Waals surface area (Å²) in [5, 5.41) is 5.75. The first-order valence-electron chi connectivity index (χ1n) is 10.6. The quantitative estimate of drug-likeness (QED) is 0.577. The molecule has 2 N–H and O–H groups in total. The van der Waals surface area contributed by atoms with Gasteiger partial charge in [0.05, 0.1) is 17.6 Å². The van der Waals surface area contributed by atoms with E-state index >= 15 is 0 Å². The van der Waals surface area contributed by atoms with E-state index < -0.39 is 23.8 Å². The second kappa shape index (κ2) is 11.3. The maximum Gasteiger partial charge on any atom is 0.407 e. The predicted molar refractivity (Wildman–Crippen MR) is 123 cm³/mol. The van der Waals surface area contributed by atoms with Gasteiger partial charge in [-0.05, 0) is 51.8 Å². The molecule has 0 aliphatic rings. The highest BCUT2D eigenvalue weighted by Gasteiger charge is 2.28. The lowest BCUT2D eigenvalue weighted by atomic mass is 9.99. The van der Waals surface area contributed by atoms with E-state index in [4.69, 9.17) is 9.47 Å². The number of benzene rings is 2. The average molecular weight is 441 g/mol. The summed E-state index contributed by atoms with van der Waals surface area (Å²) in [4.78, 5) is 36.4. The Morgan fingerprint density at radius 2 is 1.50 bits per heavy atom. The van der Waals surface area contributed by atoms with Crippen LogP contribution in [0.25, 0.3) is 0 Å². The highest BCUT2D eigenvalue weighted by Crippen LogP contribution is 2.19. The fourth-order valence-corrected chi connectivity index (χ4v) is 3.20. The van der Waals surface area contributed by atoms with E-state index in [9.17, 15) is 14.4 Å². The third kappa shape index (κ3) is 8.41. The van der Waals surface area contributed by atoms with Gasteiger partial charge in [-0.2, -0.15) is 0 Å². The van der Waals surface area contributed by atoms with E-state index in [0.29, 0.717) is 17.7 Å². The van der Waals surface area contributed by atoms with Crippen molar-refractivity contribution in [1.82, 2.24) is 10.6 Å². The second-order valence-electron chi connectivity index (χ2n) is 8.61. The molecule has 2 aromatic carbocycles. The summed E-state index contributed by atoms with van der Waals surface area (Å²) in [5.41, 5.74) is 0.767. The van der Waals surface area contributed by atoms with Crippen LogP contribution < -0.4 is 15.4 Å². The lowest BCUT2D eigenvalue weighted by Gasteiger charge is -2.30. The van der Waals surface area contributed by atoms with Crippen LogP contribution >= 0.6 is 0 Å². The van der Waals surface area contributed by atoms with E-state index in [1.165, 1.54) is 13.8 Å². The first-order valence-corrected chi connectivity index (χ1v) is 10.6. The maximum atomic E-state index is 12.5. The summed E-state index contributed by atoms with van der Waals surface area (Å²) >= 11 is 0. The molecule has 0 heterocycles. The van der Waals surface area contributed by atoms with Crippen molar-refractivity contribution in [2.75, 3.05) is 6.61 Å². The van der Waals surface area contributed by atoms with Gasteiger partial charge in [-0.15, -0.1) is 0 Å². The molecule has 0 radical (unpaired) electrons. The molecule has 0 saturated heterocycles. The average Bonchev–Trinajstić information content (AvgIpc) is 2.70. The van der Waals surface area contributed by atoms with Crippen molar-refractivity contribution < 1.29 is 23.9 Å². The highest BCUT2D eigenvalue weighted by molar-refractivity contribution is 5.96. The first kappa shape index (κ1) is 24.9. The Hall–Kier alpha value is -3.35. The number of para-hydroxylation sites is 1. The van der Waals surface area contributed by atoms with Crippen LogP contribution in [-0.2, 0) is 16.0 Å². The monoisotopic (exact) mass is 440 g/mol. The maximum absolute atomic E-state index is 12.5. The number of hydrogen-bond donors (Lipinski definition) is 2. The molecule has 0 bridgehead atoms. The number of alkyl carbamates (subject to hydrolysis) is 1. The SMILES string of the molecule is CC(=O)N[C@H](COc1ccccc1C(C)=O)[C@H](Cc1ccccc1)NC(=O)OC(C)(C)C. The number of ketones is 1. The van der Waals surface area contributed by atoms with Gasteiger partial charge in [-0.25, -0.2) is 4.79 Å².